The van der Waals surface area contributed by atoms with E-state index in [1.807, 2.05) is 67.6 Å². The van der Waals surface area contributed by atoms with Gasteiger partial charge in [0.05, 0.1) is 12.5 Å². The number of nitriles is 1. The third-order valence-electron chi connectivity index (χ3n) is 5.20. The molecule has 0 aliphatic carbocycles. The van der Waals surface area contributed by atoms with Crippen LogP contribution in [0.3, 0.4) is 0 Å². The van der Waals surface area contributed by atoms with E-state index in [1.165, 1.54) is 5.56 Å². The van der Waals surface area contributed by atoms with E-state index in [0.717, 1.165) is 17.5 Å². The van der Waals surface area contributed by atoms with Gasteiger partial charge in [0.2, 0.25) is 0 Å². The summed E-state index contributed by atoms with van der Waals surface area (Å²) in [4.78, 5) is 14.9. The summed E-state index contributed by atoms with van der Waals surface area (Å²) in [7, 11) is 0. The summed E-state index contributed by atoms with van der Waals surface area (Å²) in [5, 5.41) is 9.01. The van der Waals surface area contributed by atoms with Crippen molar-refractivity contribution in [1.82, 2.24) is 4.90 Å². The van der Waals surface area contributed by atoms with Crippen LogP contribution in [0.2, 0.25) is 0 Å². The number of carbonyl (C=O) groups excluding carboxylic acids is 1. The molecular weight excluding hydrogens is 384 g/mol. The van der Waals surface area contributed by atoms with Gasteiger partial charge in [-0.15, -0.1) is 0 Å². The van der Waals surface area contributed by atoms with Gasteiger partial charge in [0, 0.05) is 13.1 Å². The third-order valence-corrected chi connectivity index (χ3v) is 5.20. The van der Waals surface area contributed by atoms with E-state index >= 15 is 0 Å². The first-order valence-corrected chi connectivity index (χ1v) is 10.7. The van der Waals surface area contributed by atoms with Crippen LogP contribution in [0, 0.1) is 11.3 Å². The molecular formula is C27H28N2O2. The third kappa shape index (κ3) is 6.45. The molecule has 0 aromatic heterocycles. The highest BCUT2D eigenvalue weighted by Gasteiger charge is 2.24. The number of hydrogen-bond acceptors (Lipinski definition) is 3. The molecule has 3 aromatic carbocycles. The molecule has 31 heavy (non-hydrogen) atoms. The second kappa shape index (κ2) is 11.6. The maximum absolute atomic E-state index is 13.2. The topological polar surface area (TPSA) is 53.3 Å². The first-order valence-electron chi connectivity index (χ1n) is 10.7. The summed E-state index contributed by atoms with van der Waals surface area (Å²) in [5.41, 5.74) is 3.41. The van der Waals surface area contributed by atoms with Crippen LogP contribution < -0.4 is 4.74 Å². The van der Waals surface area contributed by atoms with Crippen LogP contribution in [0.15, 0.2) is 84.9 Å². The molecule has 1 unspecified atom stereocenters. The molecule has 3 rings (SSSR count). The number of hydrogen-bond donors (Lipinski definition) is 0. The van der Waals surface area contributed by atoms with Gasteiger partial charge < -0.3 is 9.64 Å². The van der Waals surface area contributed by atoms with Crippen LogP contribution in [0.5, 0.6) is 5.75 Å². The molecule has 0 bridgehead atoms. The number of benzene rings is 3. The van der Waals surface area contributed by atoms with Crippen molar-refractivity contribution in [3.63, 3.8) is 0 Å². The predicted molar refractivity (Wildman–Crippen MR) is 124 cm³/mol. The summed E-state index contributed by atoms with van der Waals surface area (Å²) in [6, 6.07) is 30.2. The molecule has 0 radical (unpaired) electrons. The molecule has 158 valence electrons. The Balaban J connectivity index is 1.66. The van der Waals surface area contributed by atoms with Crippen LogP contribution >= 0.6 is 0 Å². The molecule has 0 spiro atoms. The van der Waals surface area contributed by atoms with Crippen molar-refractivity contribution in [2.24, 2.45) is 0 Å². The molecule has 0 N–H and O–H groups in total. The number of carbonyl (C=O) groups is 1. The molecule has 1 atom stereocenters. The normalized spacial score (nSPS) is 11.4. The monoisotopic (exact) mass is 412 g/mol. The minimum atomic E-state index is -0.572. The molecule has 1 amide bonds. The predicted octanol–water partition coefficient (Wildman–Crippen LogP) is 5.50. The van der Waals surface area contributed by atoms with E-state index in [9.17, 15) is 4.79 Å². The second-order valence-corrected chi connectivity index (χ2v) is 7.37. The van der Waals surface area contributed by atoms with Crippen LogP contribution in [0.4, 0.5) is 0 Å². The summed E-state index contributed by atoms with van der Waals surface area (Å²) in [5.74, 6) is 0.601. The Labute approximate surface area is 184 Å². The van der Waals surface area contributed by atoms with Gasteiger partial charge in [-0.2, -0.15) is 5.26 Å². The Morgan fingerprint density at radius 1 is 0.903 bits per heavy atom. The van der Waals surface area contributed by atoms with Gasteiger partial charge in [-0.3, -0.25) is 4.79 Å². The fraction of sp³-hybridized carbons (Fsp3) is 0.259. The molecule has 0 saturated heterocycles. The molecule has 0 fully saturated rings. The lowest BCUT2D eigenvalue weighted by molar-refractivity contribution is -0.138. The van der Waals surface area contributed by atoms with E-state index in [0.29, 0.717) is 31.7 Å². The largest absolute Gasteiger partial charge is 0.481 e. The van der Waals surface area contributed by atoms with Gasteiger partial charge in [-0.25, -0.2) is 0 Å². The van der Waals surface area contributed by atoms with E-state index in [4.69, 9.17) is 10.00 Å². The van der Waals surface area contributed by atoms with E-state index in [1.54, 1.807) is 4.90 Å². The van der Waals surface area contributed by atoms with Crippen LogP contribution in [-0.4, -0.2) is 30.0 Å². The Hall–Kier alpha value is -3.58. The highest BCUT2D eigenvalue weighted by atomic mass is 16.5. The zero-order chi connectivity index (χ0) is 21.9. The zero-order valence-corrected chi connectivity index (χ0v) is 17.9. The van der Waals surface area contributed by atoms with Crippen molar-refractivity contribution in [3.8, 4) is 22.9 Å². The summed E-state index contributed by atoms with van der Waals surface area (Å²) in [6.45, 7) is 2.92. The minimum absolute atomic E-state index is 0.0687. The smallest absolute Gasteiger partial charge is 0.263 e. The number of amides is 1. The van der Waals surface area contributed by atoms with Crippen molar-refractivity contribution in [1.29, 1.82) is 5.26 Å². The quantitative estimate of drug-likeness (QED) is 0.442. The Bertz CT molecular complexity index is 979. The van der Waals surface area contributed by atoms with Gasteiger partial charge in [-0.05, 0) is 41.7 Å². The number of rotatable bonds is 10. The van der Waals surface area contributed by atoms with E-state index < -0.39 is 6.10 Å². The number of nitrogens with zero attached hydrogens (tertiary/aromatic N) is 2. The lowest BCUT2D eigenvalue weighted by atomic mass is 10.1. The lowest BCUT2D eigenvalue weighted by Gasteiger charge is -2.27. The van der Waals surface area contributed by atoms with Gasteiger partial charge in [0.1, 0.15) is 5.75 Å². The highest BCUT2D eigenvalue weighted by Crippen LogP contribution is 2.23. The average Bonchev–Trinajstić information content (AvgIpc) is 2.84. The van der Waals surface area contributed by atoms with Crippen LogP contribution in [0.1, 0.15) is 25.3 Å². The molecule has 4 heteroatoms. The SMILES string of the molecule is CCC(Oc1ccc(-c2ccccc2)cc1)C(=O)N(CCC#N)CCc1ccccc1. The molecule has 0 aliphatic heterocycles. The Morgan fingerprint density at radius 3 is 2.13 bits per heavy atom. The van der Waals surface area contributed by atoms with Crippen molar-refractivity contribution in [3.05, 3.63) is 90.5 Å². The molecule has 0 aliphatic rings. The average molecular weight is 413 g/mol. The van der Waals surface area contributed by atoms with Crippen LogP contribution in [-0.2, 0) is 11.2 Å². The maximum Gasteiger partial charge on any atom is 0.263 e. The fourth-order valence-electron chi connectivity index (χ4n) is 3.46. The highest BCUT2D eigenvalue weighted by molar-refractivity contribution is 5.81. The summed E-state index contributed by atoms with van der Waals surface area (Å²) >= 11 is 0. The number of ether oxygens (including phenoxy) is 1. The van der Waals surface area contributed by atoms with Crippen molar-refractivity contribution < 1.29 is 9.53 Å². The van der Waals surface area contributed by atoms with E-state index in [2.05, 4.69) is 30.3 Å². The minimum Gasteiger partial charge on any atom is -0.481 e. The first kappa shape index (κ1) is 22.1. The first-order chi connectivity index (χ1) is 15.2. The zero-order valence-electron chi connectivity index (χ0n) is 17.9. The van der Waals surface area contributed by atoms with Gasteiger partial charge >= 0.3 is 0 Å². The van der Waals surface area contributed by atoms with Crippen molar-refractivity contribution in [2.75, 3.05) is 13.1 Å². The van der Waals surface area contributed by atoms with Gasteiger partial charge in [0.15, 0.2) is 6.10 Å². The lowest BCUT2D eigenvalue weighted by Crippen LogP contribution is -2.43. The molecule has 4 nitrogen and oxygen atoms in total. The van der Waals surface area contributed by atoms with Crippen LogP contribution in [0.25, 0.3) is 11.1 Å². The van der Waals surface area contributed by atoms with Crippen molar-refractivity contribution in [2.45, 2.75) is 32.3 Å². The molecule has 0 heterocycles. The summed E-state index contributed by atoms with van der Waals surface area (Å²) < 4.78 is 6.06. The maximum atomic E-state index is 13.2. The standard InChI is InChI=1S/C27H28N2O2/c1-2-26(31-25-16-14-24(15-17-25)23-12-7-4-8-13-23)27(30)29(20-9-19-28)21-18-22-10-5-3-6-11-22/h3-8,10-17,26H,2,9,18,20-21H2,1H3. The van der Waals surface area contributed by atoms with Crippen molar-refractivity contribution >= 4 is 5.91 Å². The Kier molecular flexibility index (Phi) is 8.25. The van der Waals surface area contributed by atoms with Gasteiger partial charge in [-0.1, -0.05) is 79.7 Å². The fourth-order valence-corrected chi connectivity index (χ4v) is 3.46. The molecule has 3 aromatic rings. The molecule has 0 saturated carbocycles. The van der Waals surface area contributed by atoms with Gasteiger partial charge in [0.25, 0.3) is 5.91 Å². The summed E-state index contributed by atoms with van der Waals surface area (Å²) in [6.07, 6.45) is 1.05. The Morgan fingerprint density at radius 2 is 1.52 bits per heavy atom. The second-order valence-electron chi connectivity index (χ2n) is 7.37. The van der Waals surface area contributed by atoms with E-state index in [-0.39, 0.29) is 5.91 Å².